The minimum absolute atomic E-state index is 0.0522. The number of esters is 3. The van der Waals surface area contributed by atoms with Crippen molar-refractivity contribution in [3.05, 3.63) is 33.5 Å². The van der Waals surface area contributed by atoms with Crippen LogP contribution in [0.1, 0.15) is 36.2 Å². The Kier molecular flexibility index (Phi) is 6.67. The van der Waals surface area contributed by atoms with E-state index < -0.39 is 29.6 Å². The van der Waals surface area contributed by atoms with Crippen LogP contribution in [0.25, 0.3) is 0 Å². The lowest BCUT2D eigenvalue weighted by atomic mass is 10.1. The third-order valence-corrected chi connectivity index (χ3v) is 3.63. The topological polar surface area (TPSA) is 69.7 Å². The van der Waals surface area contributed by atoms with E-state index in [0.717, 1.165) is 0 Å². The molecule has 7 heteroatoms. The standard InChI is InChI=1S/C15H16BrFO5/c1-4-9(13(18)21-5-2)14(19)22-15(20)10-6-7-11(16)12(17)8(10)3/h6-7,9H,4-5H2,1-3H3. The SMILES string of the molecule is CCOC(=O)C(CC)C(=O)OC(=O)c1ccc(Br)c(F)c1C. The number of carbonyl (C=O) groups is 3. The van der Waals surface area contributed by atoms with Crippen molar-refractivity contribution in [2.75, 3.05) is 6.61 Å². The molecule has 1 unspecified atom stereocenters. The first-order valence-corrected chi connectivity index (χ1v) is 7.49. The maximum atomic E-state index is 13.7. The normalized spacial score (nSPS) is 11.7. The van der Waals surface area contributed by atoms with Crippen LogP contribution in [0.4, 0.5) is 4.39 Å². The van der Waals surface area contributed by atoms with Gasteiger partial charge in [-0.3, -0.25) is 9.59 Å². The van der Waals surface area contributed by atoms with Gasteiger partial charge in [0.2, 0.25) is 0 Å². The van der Waals surface area contributed by atoms with Crippen LogP contribution in [-0.2, 0) is 19.1 Å². The molecule has 0 aromatic heterocycles. The van der Waals surface area contributed by atoms with Crippen molar-refractivity contribution in [3.8, 4) is 0 Å². The van der Waals surface area contributed by atoms with E-state index in [1.165, 1.54) is 19.1 Å². The summed E-state index contributed by atoms with van der Waals surface area (Å²) in [6.07, 6.45) is 0.138. The highest BCUT2D eigenvalue weighted by atomic mass is 79.9. The molecular formula is C15H16BrFO5. The zero-order valence-electron chi connectivity index (χ0n) is 12.4. The highest BCUT2D eigenvalue weighted by Gasteiger charge is 2.30. The van der Waals surface area contributed by atoms with Gasteiger partial charge in [-0.25, -0.2) is 9.18 Å². The summed E-state index contributed by atoms with van der Waals surface area (Å²) >= 11 is 3.00. The van der Waals surface area contributed by atoms with Gasteiger partial charge in [0.15, 0.2) is 5.92 Å². The van der Waals surface area contributed by atoms with E-state index in [2.05, 4.69) is 20.7 Å². The van der Waals surface area contributed by atoms with E-state index >= 15 is 0 Å². The molecule has 0 aliphatic rings. The van der Waals surface area contributed by atoms with Crippen LogP contribution in [0.15, 0.2) is 16.6 Å². The Labute approximate surface area is 135 Å². The summed E-state index contributed by atoms with van der Waals surface area (Å²) in [4.78, 5) is 35.5. The Morgan fingerprint density at radius 2 is 1.86 bits per heavy atom. The molecule has 1 rings (SSSR count). The maximum Gasteiger partial charge on any atom is 0.346 e. The number of rotatable bonds is 5. The zero-order valence-corrected chi connectivity index (χ0v) is 14.0. The van der Waals surface area contributed by atoms with E-state index in [4.69, 9.17) is 4.74 Å². The lowest BCUT2D eigenvalue weighted by molar-refractivity contribution is -0.158. The summed E-state index contributed by atoms with van der Waals surface area (Å²) in [5, 5.41) is 0. The number of hydrogen-bond acceptors (Lipinski definition) is 5. The van der Waals surface area contributed by atoms with Gasteiger partial charge in [-0.05, 0) is 48.3 Å². The molecule has 0 aliphatic heterocycles. The lowest BCUT2D eigenvalue weighted by Crippen LogP contribution is -2.29. The number of hydrogen-bond donors (Lipinski definition) is 0. The Morgan fingerprint density at radius 3 is 2.41 bits per heavy atom. The molecule has 120 valence electrons. The first-order valence-electron chi connectivity index (χ1n) is 6.70. The van der Waals surface area contributed by atoms with Gasteiger partial charge in [0.05, 0.1) is 16.6 Å². The van der Waals surface area contributed by atoms with Crippen LogP contribution in [0.5, 0.6) is 0 Å². The van der Waals surface area contributed by atoms with Crippen molar-refractivity contribution in [1.29, 1.82) is 0 Å². The van der Waals surface area contributed by atoms with Crippen molar-refractivity contribution in [2.45, 2.75) is 27.2 Å². The van der Waals surface area contributed by atoms with Crippen LogP contribution in [-0.4, -0.2) is 24.5 Å². The Morgan fingerprint density at radius 1 is 1.23 bits per heavy atom. The fourth-order valence-electron chi connectivity index (χ4n) is 1.76. The highest BCUT2D eigenvalue weighted by molar-refractivity contribution is 9.10. The summed E-state index contributed by atoms with van der Waals surface area (Å²) in [6.45, 7) is 4.71. The van der Waals surface area contributed by atoms with Crippen LogP contribution in [0.2, 0.25) is 0 Å². The van der Waals surface area contributed by atoms with Crippen molar-refractivity contribution in [3.63, 3.8) is 0 Å². The van der Waals surface area contributed by atoms with E-state index in [1.54, 1.807) is 13.8 Å². The van der Waals surface area contributed by atoms with Gasteiger partial charge in [0.25, 0.3) is 0 Å². The quantitative estimate of drug-likeness (QED) is 0.584. The van der Waals surface area contributed by atoms with Gasteiger partial charge in [-0.1, -0.05) is 6.92 Å². The second-order valence-electron chi connectivity index (χ2n) is 4.46. The summed E-state index contributed by atoms with van der Waals surface area (Å²) in [6, 6.07) is 2.68. The van der Waals surface area contributed by atoms with Gasteiger partial charge in [0, 0.05) is 5.56 Å². The van der Waals surface area contributed by atoms with Crippen LogP contribution in [0, 0.1) is 18.7 Å². The maximum absolute atomic E-state index is 13.7. The molecule has 5 nitrogen and oxygen atoms in total. The van der Waals surface area contributed by atoms with E-state index in [9.17, 15) is 18.8 Å². The molecule has 0 bridgehead atoms. The number of ether oxygens (including phenoxy) is 2. The molecule has 0 N–H and O–H groups in total. The predicted molar refractivity (Wildman–Crippen MR) is 79.7 cm³/mol. The molecule has 0 saturated carbocycles. The number of halogens is 2. The zero-order chi connectivity index (χ0) is 16.9. The smallest absolute Gasteiger partial charge is 0.346 e. The Hall–Kier alpha value is -1.76. The third kappa shape index (κ3) is 4.13. The fraction of sp³-hybridized carbons (Fsp3) is 0.400. The third-order valence-electron chi connectivity index (χ3n) is 3.02. The first kappa shape index (κ1) is 18.3. The Balaban J connectivity index is 2.90. The predicted octanol–water partition coefficient (Wildman–Crippen LogP) is 3.17. The monoisotopic (exact) mass is 374 g/mol. The fourth-order valence-corrected chi connectivity index (χ4v) is 2.19. The molecular weight excluding hydrogens is 359 g/mol. The number of benzene rings is 1. The molecule has 22 heavy (non-hydrogen) atoms. The van der Waals surface area contributed by atoms with Crippen molar-refractivity contribution in [1.82, 2.24) is 0 Å². The van der Waals surface area contributed by atoms with Crippen molar-refractivity contribution < 1.29 is 28.2 Å². The highest BCUT2D eigenvalue weighted by Crippen LogP contribution is 2.22. The van der Waals surface area contributed by atoms with Gasteiger partial charge >= 0.3 is 17.9 Å². The molecule has 0 spiro atoms. The summed E-state index contributed by atoms with van der Waals surface area (Å²) in [7, 11) is 0. The molecule has 0 fully saturated rings. The van der Waals surface area contributed by atoms with Crippen molar-refractivity contribution in [2.24, 2.45) is 5.92 Å². The lowest BCUT2D eigenvalue weighted by Gasteiger charge is -2.13. The van der Waals surface area contributed by atoms with Crippen molar-refractivity contribution >= 4 is 33.8 Å². The second-order valence-corrected chi connectivity index (χ2v) is 5.31. The number of carbonyl (C=O) groups excluding carboxylic acids is 3. The average molecular weight is 375 g/mol. The molecule has 1 aromatic rings. The second kappa shape index (κ2) is 8.03. The Bertz CT molecular complexity index is 600. The summed E-state index contributed by atoms with van der Waals surface area (Å²) in [5.41, 5.74) is -0.0240. The molecule has 0 radical (unpaired) electrons. The van der Waals surface area contributed by atoms with Crippen LogP contribution >= 0.6 is 15.9 Å². The minimum atomic E-state index is -1.18. The van der Waals surface area contributed by atoms with Crippen LogP contribution in [0.3, 0.4) is 0 Å². The molecule has 0 amide bonds. The van der Waals surface area contributed by atoms with E-state index in [0.29, 0.717) is 0 Å². The summed E-state index contributed by atoms with van der Waals surface area (Å²) in [5.74, 6) is -4.55. The molecule has 0 heterocycles. The van der Waals surface area contributed by atoms with Gasteiger partial charge in [-0.15, -0.1) is 0 Å². The van der Waals surface area contributed by atoms with E-state index in [1.807, 2.05) is 0 Å². The van der Waals surface area contributed by atoms with Gasteiger partial charge < -0.3 is 9.47 Å². The molecule has 1 atom stereocenters. The van der Waals surface area contributed by atoms with Crippen LogP contribution < -0.4 is 0 Å². The average Bonchev–Trinajstić information content (AvgIpc) is 2.45. The van der Waals surface area contributed by atoms with Gasteiger partial charge in [-0.2, -0.15) is 0 Å². The molecule has 1 aromatic carbocycles. The summed E-state index contributed by atoms with van der Waals surface area (Å²) < 4.78 is 23.3. The largest absolute Gasteiger partial charge is 0.465 e. The minimum Gasteiger partial charge on any atom is -0.465 e. The molecule has 0 saturated heterocycles. The van der Waals surface area contributed by atoms with E-state index in [-0.39, 0.29) is 28.6 Å². The first-order chi connectivity index (χ1) is 10.3. The van der Waals surface area contributed by atoms with Gasteiger partial charge in [0.1, 0.15) is 5.82 Å². The molecule has 0 aliphatic carbocycles.